The van der Waals surface area contributed by atoms with Crippen molar-refractivity contribution in [1.29, 1.82) is 0 Å². The van der Waals surface area contributed by atoms with Crippen LogP contribution in [0.5, 0.6) is 5.75 Å². The quantitative estimate of drug-likeness (QED) is 0.568. The van der Waals surface area contributed by atoms with E-state index in [4.69, 9.17) is 9.26 Å². The molecule has 4 aromatic rings. The van der Waals surface area contributed by atoms with Crippen LogP contribution in [0.15, 0.2) is 51.4 Å². The predicted molar refractivity (Wildman–Crippen MR) is 89.3 cm³/mol. The molecule has 3 aromatic heterocycles. The number of rotatable bonds is 4. The summed E-state index contributed by atoms with van der Waals surface area (Å²) in [6, 6.07) is 9.17. The average Bonchev–Trinajstić information content (AvgIpc) is 3.27. The molecule has 0 aliphatic carbocycles. The molecule has 0 N–H and O–H groups in total. The molecule has 1 aromatic carbocycles. The Morgan fingerprint density at radius 3 is 3.04 bits per heavy atom. The van der Waals surface area contributed by atoms with E-state index < -0.39 is 0 Å². The van der Waals surface area contributed by atoms with Crippen LogP contribution in [0.2, 0.25) is 0 Å². The SMILES string of the molecule is COc1ccccc1-c1noc(Cn2cnc3sccc3c2=O)n1. The van der Waals surface area contributed by atoms with E-state index in [0.29, 0.717) is 22.9 Å². The summed E-state index contributed by atoms with van der Waals surface area (Å²) in [5.74, 6) is 1.40. The molecule has 0 fully saturated rings. The molecule has 0 saturated heterocycles. The number of aromatic nitrogens is 4. The average molecular weight is 340 g/mol. The number of para-hydroxylation sites is 1. The maximum atomic E-state index is 12.4. The molecule has 24 heavy (non-hydrogen) atoms. The van der Waals surface area contributed by atoms with Crippen LogP contribution in [0.25, 0.3) is 21.6 Å². The third-order valence-electron chi connectivity index (χ3n) is 3.57. The number of thiophene rings is 1. The van der Waals surface area contributed by atoms with Gasteiger partial charge in [0, 0.05) is 0 Å². The van der Waals surface area contributed by atoms with E-state index in [1.807, 2.05) is 29.6 Å². The molecule has 7 nitrogen and oxygen atoms in total. The molecule has 0 spiro atoms. The first kappa shape index (κ1) is 14.6. The summed E-state index contributed by atoms with van der Waals surface area (Å²) in [4.78, 5) is 21.7. The van der Waals surface area contributed by atoms with Crippen LogP contribution < -0.4 is 10.3 Å². The number of hydrogen-bond donors (Lipinski definition) is 0. The van der Waals surface area contributed by atoms with Gasteiger partial charge in [-0.15, -0.1) is 11.3 Å². The molecule has 0 amide bonds. The van der Waals surface area contributed by atoms with Crippen LogP contribution in [0.4, 0.5) is 0 Å². The van der Waals surface area contributed by atoms with Crippen molar-refractivity contribution in [2.45, 2.75) is 6.54 Å². The minimum Gasteiger partial charge on any atom is -0.496 e. The van der Waals surface area contributed by atoms with Gasteiger partial charge in [0.25, 0.3) is 5.56 Å². The maximum absolute atomic E-state index is 12.4. The van der Waals surface area contributed by atoms with Gasteiger partial charge in [0.05, 0.1) is 24.4 Å². The van der Waals surface area contributed by atoms with E-state index in [-0.39, 0.29) is 12.1 Å². The van der Waals surface area contributed by atoms with Crippen molar-refractivity contribution >= 4 is 21.6 Å². The van der Waals surface area contributed by atoms with E-state index in [2.05, 4.69) is 15.1 Å². The Hall–Kier alpha value is -3.00. The van der Waals surface area contributed by atoms with Crippen molar-refractivity contribution in [3.8, 4) is 17.1 Å². The molecule has 0 aliphatic heterocycles. The fourth-order valence-corrected chi connectivity index (χ4v) is 3.13. The molecule has 0 aliphatic rings. The highest BCUT2D eigenvalue weighted by Gasteiger charge is 2.14. The van der Waals surface area contributed by atoms with Gasteiger partial charge in [0.15, 0.2) is 0 Å². The van der Waals surface area contributed by atoms with Crippen LogP contribution in [-0.4, -0.2) is 26.8 Å². The summed E-state index contributed by atoms with van der Waals surface area (Å²) >= 11 is 1.43. The lowest BCUT2D eigenvalue weighted by Crippen LogP contribution is -2.20. The molecule has 3 heterocycles. The van der Waals surface area contributed by atoms with Crippen molar-refractivity contribution < 1.29 is 9.26 Å². The van der Waals surface area contributed by atoms with Gasteiger partial charge in [0.2, 0.25) is 11.7 Å². The molecule has 0 atom stereocenters. The van der Waals surface area contributed by atoms with Gasteiger partial charge in [-0.05, 0) is 23.6 Å². The molecule has 0 saturated carbocycles. The summed E-state index contributed by atoms with van der Waals surface area (Å²) < 4.78 is 12.0. The van der Waals surface area contributed by atoms with Crippen molar-refractivity contribution in [1.82, 2.24) is 19.7 Å². The fourth-order valence-electron chi connectivity index (χ4n) is 2.41. The highest BCUT2D eigenvalue weighted by atomic mass is 32.1. The Morgan fingerprint density at radius 2 is 2.17 bits per heavy atom. The smallest absolute Gasteiger partial charge is 0.262 e. The third kappa shape index (κ3) is 2.46. The van der Waals surface area contributed by atoms with Gasteiger partial charge in [-0.1, -0.05) is 17.3 Å². The Bertz CT molecular complexity index is 1070. The number of benzene rings is 1. The lowest BCUT2D eigenvalue weighted by Gasteiger charge is -2.03. The molecular formula is C16H12N4O3S. The zero-order valence-electron chi connectivity index (χ0n) is 12.7. The minimum absolute atomic E-state index is 0.127. The fraction of sp³-hybridized carbons (Fsp3) is 0.125. The number of ether oxygens (including phenoxy) is 1. The number of nitrogens with zero attached hydrogens (tertiary/aromatic N) is 4. The zero-order chi connectivity index (χ0) is 16.5. The standard InChI is InChI=1S/C16H12N4O3S/c1-22-12-5-3-2-4-10(12)14-18-13(23-19-14)8-20-9-17-15-11(16(20)21)6-7-24-15/h2-7,9H,8H2,1H3. The van der Waals surface area contributed by atoms with E-state index in [1.54, 1.807) is 13.2 Å². The zero-order valence-corrected chi connectivity index (χ0v) is 13.5. The van der Waals surface area contributed by atoms with Crippen LogP contribution in [0.3, 0.4) is 0 Å². The first-order valence-corrected chi connectivity index (χ1v) is 8.03. The van der Waals surface area contributed by atoms with Crippen molar-refractivity contribution in [2.24, 2.45) is 0 Å². The topological polar surface area (TPSA) is 83.0 Å². The summed E-state index contributed by atoms with van der Waals surface area (Å²) in [5, 5.41) is 6.41. The van der Waals surface area contributed by atoms with E-state index in [9.17, 15) is 4.79 Å². The molecule has 0 radical (unpaired) electrons. The Morgan fingerprint density at radius 1 is 1.29 bits per heavy atom. The van der Waals surface area contributed by atoms with Crippen molar-refractivity contribution in [2.75, 3.05) is 7.11 Å². The number of methoxy groups -OCH3 is 1. The highest BCUT2D eigenvalue weighted by Crippen LogP contribution is 2.27. The van der Waals surface area contributed by atoms with Crippen molar-refractivity contribution in [3.63, 3.8) is 0 Å². The molecule has 4 rings (SSSR count). The van der Waals surface area contributed by atoms with Crippen LogP contribution in [0.1, 0.15) is 5.89 Å². The molecule has 0 unspecified atom stereocenters. The van der Waals surface area contributed by atoms with Gasteiger partial charge in [-0.25, -0.2) is 4.98 Å². The third-order valence-corrected chi connectivity index (χ3v) is 4.39. The lowest BCUT2D eigenvalue weighted by atomic mass is 10.2. The molecule has 120 valence electrons. The van der Waals surface area contributed by atoms with E-state index in [0.717, 1.165) is 10.4 Å². The Labute approximate surface area is 140 Å². The van der Waals surface area contributed by atoms with E-state index >= 15 is 0 Å². The number of hydrogen-bond acceptors (Lipinski definition) is 7. The predicted octanol–water partition coefficient (Wildman–Crippen LogP) is 2.56. The molecule has 0 bridgehead atoms. The van der Waals surface area contributed by atoms with Gasteiger partial charge in [-0.2, -0.15) is 4.98 Å². The molecular weight excluding hydrogens is 328 g/mol. The second-order valence-corrected chi connectivity index (χ2v) is 5.92. The first-order valence-electron chi connectivity index (χ1n) is 7.15. The van der Waals surface area contributed by atoms with Gasteiger partial charge in [-0.3, -0.25) is 9.36 Å². The van der Waals surface area contributed by atoms with Gasteiger partial charge in [0.1, 0.15) is 17.1 Å². The van der Waals surface area contributed by atoms with Gasteiger partial charge < -0.3 is 9.26 Å². The second-order valence-electron chi connectivity index (χ2n) is 5.03. The maximum Gasteiger partial charge on any atom is 0.262 e. The molecule has 8 heteroatoms. The monoisotopic (exact) mass is 340 g/mol. The summed E-state index contributed by atoms with van der Waals surface area (Å²) in [7, 11) is 1.58. The van der Waals surface area contributed by atoms with Crippen LogP contribution in [0, 0.1) is 0 Å². The van der Waals surface area contributed by atoms with Crippen molar-refractivity contribution in [3.05, 3.63) is 58.3 Å². The number of fused-ring (bicyclic) bond motifs is 1. The van der Waals surface area contributed by atoms with Crippen LogP contribution >= 0.6 is 11.3 Å². The largest absolute Gasteiger partial charge is 0.496 e. The Kier molecular flexibility index (Phi) is 3.58. The highest BCUT2D eigenvalue weighted by molar-refractivity contribution is 7.16. The first-order chi connectivity index (χ1) is 11.8. The van der Waals surface area contributed by atoms with Crippen LogP contribution in [-0.2, 0) is 6.54 Å². The summed E-state index contributed by atoms with van der Waals surface area (Å²) in [6.45, 7) is 0.166. The van der Waals surface area contributed by atoms with Gasteiger partial charge >= 0.3 is 0 Å². The lowest BCUT2D eigenvalue weighted by molar-refractivity contribution is 0.369. The minimum atomic E-state index is -0.127. The summed E-state index contributed by atoms with van der Waals surface area (Å²) in [6.07, 6.45) is 1.49. The Balaban J connectivity index is 1.67. The normalized spacial score (nSPS) is 11.0. The second kappa shape index (κ2) is 5.89. The van der Waals surface area contributed by atoms with E-state index in [1.165, 1.54) is 22.2 Å². The summed E-state index contributed by atoms with van der Waals surface area (Å²) in [5.41, 5.74) is 0.604.